The van der Waals surface area contributed by atoms with Gasteiger partial charge in [0.25, 0.3) is 0 Å². The third-order valence-electron chi connectivity index (χ3n) is 2.12. The van der Waals surface area contributed by atoms with Crippen molar-refractivity contribution in [1.29, 1.82) is 0 Å². The van der Waals surface area contributed by atoms with Crippen LogP contribution in [0.2, 0.25) is 0 Å². The van der Waals surface area contributed by atoms with Crippen LogP contribution in [-0.4, -0.2) is 23.0 Å². The molecule has 0 amide bonds. The molecule has 0 spiro atoms. The standard InChI is InChI=1S/C10H15FN2/c1-8(2)13(3)7-10-9(11)5-4-6-12-10/h4-6,8H,7H2,1-3H3. The van der Waals surface area contributed by atoms with Gasteiger partial charge in [-0.05, 0) is 33.0 Å². The summed E-state index contributed by atoms with van der Waals surface area (Å²) in [6, 6.07) is 3.45. The molecular formula is C10H15FN2. The van der Waals surface area contributed by atoms with Crippen LogP contribution in [0.1, 0.15) is 19.5 Å². The van der Waals surface area contributed by atoms with E-state index in [1.165, 1.54) is 6.07 Å². The third kappa shape index (κ3) is 2.77. The highest BCUT2D eigenvalue weighted by molar-refractivity contribution is 5.06. The largest absolute Gasteiger partial charge is 0.298 e. The molecule has 0 fully saturated rings. The minimum atomic E-state index is -0.227. The van der Waals surface area contributed by atoms with Crippen LogP contribution in [0.15, 0.2) is 18.3 Å². The summed E-state index contributed by atoms with van der Waals surface area (Å²) < 4.78 is 13.1. The van der Waals surface area contributed by atoms with Gasteiger partial charge in [0.1, 0.15) is 5.82 Å². The first-order chi connectivity index (χ1) is 6.11. The van der Waals surface area contributed by atoms with E-state index in [9.17, 15) is 4.39 Å². The summed E-state index contributed by atoms with van der Waals surface area (Å²) in [5.74, 6) is -0.227. The maximum atomic E-state index is 13.1. The van der Waals surface area contributed by atoms with E-state index in [0.717, 1.165) is 0 Å². The predicted molar refractivity (Wildman–Crippen MR) is 50.8 cm³/mol. The summed E-state index contributed by atoms with van der Waals surface area (Å²) in [4.78, 5) is 6.03. The first kappa shape index (κ1) is 10.1. The first-order valence-electron chi connectivity index (χ1n) is 4.41. The van der Waals surface area contributed by atoms with Crippen molar-refractivity contribution in [3.8, 4) is 0 Å². The number of halogens is 1. The molecule has 0 radical (unpaired) electrons. The molecule has 0 aliphatic carbocycles. The Morgan fingerprint density at radius 2 is 2.23 bits per heavy atom. The Balaban J connectivity index is 2.69. The number of pyridine rings is 1. The predicted octanol–water partition coefficient (Wildman–Crippen LogP) is 2.06. The molecule has 0 saturated carbocycles. The number of hydrogen-bond acceptors (Lipinski definition) is 2. The Labute approximate surface area is 78.4 Å². The second-order valence-corrected chi connectivity index (χ2v) is 3.44. The maximum Gasteiger partial charge on any atom is 0.146 e. The lowest BCUT2D eigenvalue weighted by molar-refractivity contribution is 0.258. The van der Waals surface area contributed by atoms with E-state index in [4.69, 9.17) is 0 Å². The zero-order chi connectivity index (χ0) is 9.84. The van der Waals surface area contributed by atoms with E-state index in [-0.39, 0.29) is 5.82 Å². The zero-order valence-electron chi connectivity index (χ0n) is 8.29. The highest BCUT2D eigenvalue weighted by atomic mass is 19.1. The minimum Gasteiger partial charge on any atom is -0.298 e. The smallest absolute Gasteiger partial charge is 0.146 e. The van der Waals surface area contributed by atoms with Gasteiger partial charge in [-0.3, -0.25) is 9.88 Å². The normalized spacial score (nSPS) is 11.2. The summed E-state index contributed by atoms with van der Waals surface area (Å²) >= 11 is 0. The highest BCUT2D eigenvalue weighted by Crippen LogP contribution is 2.07. The van der Waals surface area contributed by atoms with Gasteiger partial charge in [-0.15, -0.1) is 0 Å². The molecule has 0 unspecified atom stereocenters. The van der Waals surface area contributed by atoms with Crippen molar-refractivity contribution in [1.82, 2.24) is 9.88 Å². The molecule has 1 aromatic heterocycles. The number of nitrogens with zero attached hydrogens (tertiary/aromatic N) is 2. The highest BCUT2D eigenvalue weighted by Gasteiger charge is 2.08. The van der Waals surface area contributed by atoms with Crippen molar-refractivity contribution in [2.24, 2.45) is 0 Å². The summed E-state index contributed by atoms with van der Waals surface area (Å²) in [7, 11) is 1.96. The van der Waals surface area contributed by atoms with Crippen LogP contribution < -0.4 is 0 Å². The molecule has 0 saturated heterocycles. The molecule has 2 nitrogen and oxygen atoms in total. The fourth-order valence-electron chi connectivity index (χ4n) is 0.954. The Morgan fingerprint density at radius 3 is 2.77 bits per heavy atom. The fraction of sp³-hybridized carbons (Fsp3) is 0.500. The van der Waals surface area contributed by atoms with Gasteiger partial charge < -0.3 is 0 Å². The second kappa shape index (κ2) is 4.33. The molecule has 3 heteroatoms. The maximum absolute atomic E-state index is 13.1. The van der Waals surface area contributed by atoms with Crippen LogP contribution in [-0.2, 0) is 6.54 Å². The van der Waals surface area contributed by atoms with Gasteiger partial charge in [-0.25, -0.2) is 4.39 Å². The van der Waals surface area contributed by atoms with E-state index >= 15 is 0 Å². The van der Waals surface area contributed by atoms with Crippen molar-refractivity contribution < 1.29 is 4.39 Å². The topological polar surface area (TPSA) is 16.1 Å². The Morgan fingerprint density at radius 1 is 1.54 bits per heavy atom. The summed E-state index contributed by atoms with van der Waals surface area (Å²) in [5, 5.41) is 0. The molecule has 0 bridgehead atoms. The van der Waals surface area contributed by atoms with Gasteiger partial charge in [-0.2, -0.15) is 0 Å². The van der Waals surface area contributed by atoms with Crippen molar-refractivity contribution in [3.05, 3.63) is 29.8 Å². The van der Waals surface area contributed by atoms with E-state index in [0.29, 0.717) is 18.3 Å². The van der Waals surface area contributed by atoms with Gasteiger partial charge >= 0.3 is 0 Å². The number of rotatable bonds is 3. The summed E-state index contributed by atoms with van der Waals surface area (Å²) in [6.45, 7) is 4.70. The Bertz CT molecular complexity index is 273. The van der Waals surface area contributed by atoms with Gasteiger partial charge in [-0.1, -0.05) is 0 Å². The fourth-order valence-corrected chi connectivity index (χ4v) is 0.954. The van der Waals surface area contributed by atoms with Crippen molar-refractivity contribution in [2.75, 3.05) is 7.05 Å². The van der Waals surface area contributed by atoms with Gasteiger partial charge in [0.15, 0.2) is 0 Å². The van der Waals surface area contributed by atoms with Crippen LogP contribution in [0.3, 0.4) is 0 Å². The second-order valence-electron chi connectivity index (χ2n) is 3.44. The molecular weight excluding hydrogens is 167 g/mol. The molecule has 0 aliphatic heterocycles. The first-order valence-corrected chi connectivity index (χ1v) is 4.41. The molecule has 0 aliphatic rings. The lowest BCUT2D eigenvalue weighted by Crippen LogP contribution is -2.26. The molecule has 1 rings (SSSR count). The van der Waals surface area contributed by atoms with E-state index in [1.807, 2.05) is 11.9 Å². The van der Waals surface area contributed by atoms with Crippen LogP contribution in [0, 0.1) is 5.82 Å². The van der Waals surface area contributed by atoms with Gasteiger partial charge in [0.05, 0.1) is 5.69 Å². The van der Waals surface area contributed by atoms with E-state index in [1.54, 1.807) is 12.3 Å². The monoisotopic (exact) mass is 182 g/mol. The molecule has 72 valence electrons. The van der Waals surface area contributed by atoms with E-state index < -0.39 is 0 Å². The lowest BCUT2D eigenvalue weighted by Gasteiger charge is -2.20. The number of hydrogen-bond donors (Lipinski definition) is 0. The average molecular weight is 182 g/mol. The van der Waals surface area contributed by atoms with Crippen LogP contribution in [0.4, 0.5) is 4.39 Å². The molecule has 0 atom stereocenters. The van der Waals surface area contributed by atoms with Crippen LogP contribution in [0.25, 0.3) is 0 Å². The molecule has 1 heterocycles. The Hall–Kier alpha value is -0.960. The summed E-state index contributed by atoms with van der Waals surface area (Å²) in [5.41, 5.74) is 0.513. The minimum absolute atomic E-state index is 0.227. The number of aromatic nitrogens is 1. The SMILES string of the molecule is CC(C)N(C)Cc1ncccc1F. The summed E-state index contributed by atoms with van der Waals surface area (Å²) in [6.07, 6.45) is 1.62. The van der Waals surface area contributed by atoms with Crippen LogP contribution in [0.5, 0.6) is 0 Å². The Kier molecular flexibility index (Phi) is 3.37. The van der Waals surface area contributed by atoms with Crippen LogP contribution >= 0.6 is 0 Å². The van der Waals surface area contributed by atoms with Crippen molar-refractivity contribution >= 4 is 0 Å². The third-order valence-corrected chi connectivity index (χ3v) is 2.12. The lowest BCUT2D eigenvalue weighted by atomic mass is 10.3. The quantitative estimate of drug-likeness (QED) is 0.711. The molecule has 1 aromatic rings. The van der Waals surface area contributed by atoms with E-state index in [2.05, 4.69) is 18.8 Å². The zero-order valence-corrected chi connectivity index (χ0v) is 8.29. The van der Waals surface area contributed by atoms with Crippen molar-refractivity contribution in [3.63, 3.8) is 0 Å². The molecule has 13 heavy (non-hydrogen) atoms. The van der Waals surface area contributed by atoms with Gasteiger partial charge in [0.2, 0.25) is 0 Å². The molecule has 0 N–H and O–H groups in total. The van der Waals surface area contributed by atoms with Gasteiger partial charge in [0, 0.05) is 18.8 Å². The van der Waals surface area contributed by atoms with Crippen molar-refractivity contribution in [2.45, 2.75) is 26.4 Å². The molecule has 0 aromatic carbocycles. The average Bonchev–Trinajstić information content (AvgIpc) is 2.08.